The summed E-state index contributed by atoms with van der Waals surface area (Å²) in [7, 11) is 4.24. The average molecular weight is 339 g/mol. The van der Waals surface area contributed by atoms with Crippen LogP contribution in [0.15, 0.2) is 36.8 Å². The summed E-state index contributed by atoms with van der Waals surface area (Å²) in [5, 5.41) is 4.28. The molecule has 1 saturated heterocycles. The minimum absolute atomic E-state index is 0.606. The van der Waals surface area contributed by atoms with E-state index in [2.05, 4.69) is 45.3 Å². The van der Waals surface area contributed by atoms with E-state index in [0.717, 1.165) is 19.1 Å². The zero-order valence-electron chi connectivity index (χ0n) is 15.4. The Labute approximate surface area is 150 Å². The lowest BCUT2D eigenvalue weighted by atomic mass is 9.60. The second-order valence-corrected chi connectivity index (χ2v) is 8.10. The van der Waals surface area contributed by atoms with Gasteiger partial charge in [-0.05, 0) is 63.4 Å². The van der Waals surface area contributed by atoms with Crippen LogP contribution in [0.4, 0.5) is 0 Å². The van der Waals surface area contributed by atoms with Crippen LogP contribution in [0.2, 0.25) is 0 Å². The van der Waals surface area contributed by atoms with Gasteiger partial charge in [-0.1, -0.05) is 6.07 Å². The van der Waals surface area contributed by atoms with Crippen LogP contribution in [0.25, 0.3) is 0 Å². The third-order valence-electron chi connectivity index (χ3n) is 6.18. The molecule has 0 amide bonds. The Morgan fingerprint density at radius 1 is 1.24 bits per heavy atom. The first-order valence-corrected chi connectivity index (χ1v) is 9.42. The number of likely N-dealkylation sites (tertiary alicyclic amines) is 1. The number of nitrogens with zero attached hydrogens (tertiary/aromatic N) is 5. The van der Waals surface area contributed by atoms with Gasteiger partial charge in [0.05, 0.1) is 11.9 Å². The average Bonchev–Trinajstić information content (AvgIpc) is 2.99. The molecule has 1 aliphatic heterocycles. The van der Waals surface area contributed by atoms with E-state index < -0.39 is 0 Å². The summed E-state index contributed by atoms with van der Waals surface area (Å²) in [6.07, 6.45) is 11.4. The van der Waals surface area contributed by atoms with Crippen molar-refractivity contribution in [3.63, 3.8) is 0 Å². The smallest absolute Gasteiger partial charge is 0.0543 e. The Morgan fingerprint density at radius 3 is 2.68 bits per heavy atom. The maximum absolute atomic E-state index is 4.46. The van der Waals surface area contributed by atoms with Crippen molar-refractivity contribution in [2.24, 2.45) is 12.5 Å². The molecule has 2 aromatic rings. The maximum Gasteiger partial charge on any atom is 0.0543 e. The molecule has 134 valence electrons. The van der Waals surface area contributed by atoms with Gasteiger partial charge in [-0.3, -0.25) is 19.5 Å². The molecule has 1 spiro atoms. The molecular weight excluding hydrogens is 310 g/mol. The van der Waals surface area contributed by atoms with Crippen LogP contribution in [-0.2, 0) is 20.1 Å². The molecule has 0 bridgehead atoms. The zero-order valence-corrected chi connectivity index (χ0v) is 15.4. The van der Waals surface area contributed by atoms with Crippen molar-refractivity contribution in [3.8, 4) is 0 Å². The van der Waals surface area contributed by atoms with Crippen molar-refractivity contribution in [2.45, 2.75) is 44.8 Å². The molecule has 0 aromatic carbocycles. The minimum atomic E-state index is 0.606. The molecule has 1 aliphatic carbocycles. The molecule has 0 atom stereocenters. The third kappa shape index (κ3) is 3.77. The summed E-state index contributed by atoms with van der Waals surface area (Å²) in [4.78, 5) is 9.55. The van der Waals surface area contributed by atoms with E-state index in [1.807, 2.05) is 30.2 Å². The second-order valence-electron chi connectivity index (χ2n) is 8.10. The van der Waals surface area contributed by atoms with E-state index in [1.54, 1.807) is 0 Å². The zero-order chi connectivity index (χ0) is 17.3. The number of hydrogen-bond acceptors (Lipinski definition) is 4. The fourth-order valence-corrected chi connectivity index (χ4v) is 4.53. The van der Waals surface area contributed by atoms with Crippen molar-refractivity contribution < 1.29 is 0 Å². The second kappa shape index (κ2) is 6.89. The first-order valence-electron chi connectivity index (χ1n) is 9.42. The summed E-state index contributed by atoms with van der Waals surface area (Å²) >= 11 is 0. The minimum Gasteiger partial charge on any atom is -0.299 e. The van der Waals surface area contributed by atoms with E-state index in [-0.39, 0.29) is 0 Å². The molecule has 0 radical (unpaired) electrons. The number of aromatic nitrogens is 3. The van der Waals surface area contributed by atoms with Gasteiger partial charge in [-0.15, -0.1) is 0 Å². The van der Waals surface area contributed by atoms with Gasteiger partial charge in [0, 0.05) is 44.1 Å². The van der Waals surface area contributed by atoms with Crippen LogP contribution >= 0.6 is 0 Å². The van der Waals surface area contributed by atoms with Crippen molar-refractivity contribution in [1.82, 2.24) is 24.6 Å². The van der Waals surface area contributed by atoms with Crippen LogP contribution in [0.5, 0.6) is 0 Å². The lowest BCUT2D eigenvalue weighted by molar-refractivity contribution is -0.0388. The van der Waals surface area contributed by atoms with Gasteiger partial charge in [-0.25, -0.2) is 0 Å². The number of hydrogen-bond donors (Lipinski definition) is 0. The number of aryl methyl sites for hydroxylation is 1. The summed E-state index contributed by atoms with van der Waals surface area (Å²) in [5.41, 5.74) is 3.12. The highest BCUT2D eigenvalue weighted by atomic mass is 15.2. The normalized spacial score (nSPS) is 20.9. The molecule has 0 unspecified atom stereocenters. The van der Waals surface area contributed by atoms with Gasteiger partial charge in [0.2, 0.25) is 0 Å². The maximum atomic E-state index is 4.46. The largest absolute Gasteiger partial charge is 0.299 e. The van der Waals surface area contributed by atoms with Crippen molar-refractivity contribution in [1.29, 1.82) is 0 Å². The van der Waals surface area contributed by atoms with Crippen LogP contribution in [0, 0.1) is 5.41 Å². The quantitative estimate of drug-likeness (QED) is 0.839. The van der Waals surface area contributed by atoms with Crippen molar-refractivity contribution in [3.05, 3.63) is 48.0 Å². The van der Waals surface area contributed by atoms with Crippen LogP contribution in [0.1, 0.15) is 36.9 Å². The fraction of sp³-hybridized carbons (Fsp3) is 0.600. The molecule has 5 heteroatoms. The lowest BCUT2D eigenvalue weighted by Gasteiger charge is -2.54. The summed E-state index contributed by atoms with van der Waals surface area (Å²) in [5.74, 6) is 0. The van der Waals surface area contributed by atoms with Gasteiger partial charge in [0.1, 0.15) is 0 Å². The highest BCUT2D eigenvalue weighted by Crippen LogP contribution is 2.50. The van der Waals surface area contributed by atoms with Crippen LogP contribution in [0.3, 0.4) is 0 Å². The van der Waals surface area contributed by atoms with Gasteiger partial charge in [-0.2, -0.15) is 5.10 Å². The fourth-order valence-electron chi connectivity index (χ4n) is 4.53. The van der Waals surface area contributed by atoms with Crippen molar-refractivity contribution >= 4 is 0 Å². The summed E-state index contributed by atoms with van der Waals surface area (Å²) in [6.45, 7) is 4.47. The van der Waals surface area contributed by atoms with E-state index >= 15 is 0 Å². The molecule has 5 nitrogen and oxygen atoms in total. The molecule has 2 fully saturated rings. The first-order chi connectivity index (χ1) is 12.1. The van der Waals surface area contributed by atoms with Gasteiger partial charge >= 0.3 is 0 Å². The molecule has 2 aromatic heterocycles. The van der Waals surface area contributed by atoms with E-state index in [0.29, 0.717) is 5.41 Å². The predicted octanol–water partition coefficient (Wildman–Crippen LogP) is 2.69. The summed E-state index contributed by atoms with van der Waals surface area (Å²) in [6, 6.07) is 6.92. The number of rotatable bonds is 5. The topological polar surface area (TPSA) is 37.2 Å². The predicted molar refractivity (Wildman–Crippen MR) is 98.9 cm³/mol. The molecule has 2 aliphatic rings. The van der Waals surface area contributed by atoms with Crippen LogP contribution < -0.4 is 0 Å². The Balaban J connectivity index is 1.23. The molecule has 4 rings (SSSR count). The highest BCUT2D eigenvalue weighted by molar-refractivity contribution is 5.07. The third-order valence-corrected chi connectivity index (χ3v) is 6.18. The van der Waals surface area contributed by atoms with Crippen molar-refractivity contribution in [2.75, 3.05) is 20.1 Å². The number of pyridine rings is 1. The van der Waals surface area contributed by atoms with Gasteiger partial charge in [0.15, 0.2) is 0 Å². The summed E-state index contributed by atoms with van der Waals surface area (Å²) < 4.78 is 1.90. The monoisotopic (exact) mass is 339 g/mol. The lowest BCUT2D eigenvalue weighted by Crippen LogP contribution is -2.53. The number of piperidine rings is 1. The molecular formula is C20H29N5. The van der Waals surface area contributed by atoms with E-state index in [1.165, 1.54) is 50.0 Å². The van der Waals surface area contributed by atoms with Gasteiger partial charge < -0.3 is 0 Å². The Hall–Kier alpha value is -1.72. The Morgan fingerprint density at radius 2 is 2.04 bits per heavy atom. The van der Waals surface area contributed by atoms with E-state index in [4.69, 9.17) is 0 Å². The first kappa shape index (κ1) is 16.7. The standard InChI is InChI=1S/C20H29N5/c1-23(16-18-5-3-4-8-21-18)19-11-20(12-19)6-9-25(10-7-20)15-17-13-22-24(2)14-17/h3-5,8,13-14,19H,6-7,9-12,15-16H2,1-2H3. The Bertz CT molecular complexity index is 679. The molecule has 0 N–H and O–H groups in total. The molecule has 25 heavy (non-hydrogen) atoms. The van der Waals surface area contributed by atoms with Gasteiger partial charge in [0.25, 0.3) is 0 Å². The van der Waals surface area contributed by atoms with E-state index in [9.17, 15) is 0 Å². The Kier molecular flexibility index (Phi) is 4.61. The highest BCUT2D eigenvalue weighted by Gasteiger charge is 2.46. The molecule has 1 saturated carbocycles. The molecule has 3 heterocycles. The van der Waals surface area contributed by atoms with Crippen LogP contribution in [-0.4, -0.2) is 50.7 Å². The SMILES string of the molecule is CN(Cc1ccccn1)C1CC2(CCN(Cc3cnn(C)c3)CC2)C1.